The minimum atomic E-state index is -2.33. The van der Waals surface area contributed by atoms with Crippen LogP contribution >= 0.6 is 0 Å². The molecule has 1 aromatic carbocycles. The van der Waals surface area contributed by atoms with Gasteiger partial charge >= 0.3 is 103 Å². The van der Waals surface area contributed by atoms with E-state index in [1.165, 1.54) is 32.1 Å². The van der Waals surface area contributed by atoms with Crippen molar-refractivity contribution in [1.29, 1.82) is 0 Å². The Hall–Kier alpha value is 0.723. The second kappa shape index (κ2) is 15.7. The molecular formula is C14H18K2N2O7. The molecule has 1 aliphatic rings. The molecule has 1 saturated heterocycles. The molecule has 25 heavy (non-hydrogen) atoms. The number of rotatable bonds is 6. The van der Waals surface area contributed by atoms with Crippen LogP contribution in [0.2, 0.25) is 0 Å². The standard InChI is InChI=1S/C13H18N2O4.CH2O3.2K/c1-18-13-10-11(15(16)17)4-5-12(13)19-9-8-14-6-2-3-7-14;2-1(3)4;;/h4-5,10H,2-3,6-9H2,1H3;(H2,2,3,4);;/q;;2*+1/p-2. The summed E-state index contributed by atoms with van der Waals surface area (Å²) in [5.74, 6) is 0.947. The van der Waals surface area contributed by atoms with Gasteiger partial charge in [0, 0.05) is 12.6 Å². The van der Waals surface area contributed by atoms with Crippen LogP contribution in [0.25, 0.3) is 0 Å². The minimum Gasteiger partial charge on any atom is -0.652 e. The normalized spacial score (nSPS) is 12.7. The van der Waals surface area contributed by atoms with Crippen molar-refractivity contribution in [3.63, 3.8) is 0 Å². The zero-order chi connectivity index (χ0) is 17.2. The van der Waals surface area contributed by atoms with Crippen LogP contribution in [0, 0.1) is 10.1 Å². The van der Waals surface area contributed by atoms with E-state index >= 15 is 0 Å². The summed E-state index contributed by atoms with van der Waals surface area (Å²) >= 11 is 0. The van der Waals surface area contributed by atoms with Crippen molar-refractivity contribution in [2.75, 3.05) is 33.4 Å². The van der Waals surface area contributed by atoms with Crippen LogP contribution in [0.3, 0.4) is 0 Å². The van der Waals surface area contributed by atoms with Crippen LogP contribution < -0.4 is 122 Å². The van der Waals surface area contributed by atoms with Crippen LogP contribution in [0.1, 0.15) is 12.8 Å². The van der Waals surface area contributed by atoms with Crippen molar-refractivity contribution in [3.8, 4) is 11.5 Å². The van der Waals surface area contributed by atoms with Crippen molar-refractivity contribution in [1.82, 2.24) is 4.90 Å². The second-order valence-electron chi connectivity index (χ2n) is 4.74. The Bertz CT molecular complexity index is 536. The van der Waals surface area contributed by atoms with Crippen molar-refractivity contribution in [2.24, 2.45) is 0 Å². The van der Waals surface area contributed by atoms with Gasteiger partial charge in [-0.05, 0) is 38.2 Å². The van der Waals surface area contributed by atoms with E-state index in [0.717, 1.165) is 19.6 Å². The van der Waals surface area contributed by atoms with Gasteiger partial charge in [-0.25, -0.2) is 0 Å². The molecule has 9 nitrogen and oxygen atoms in total. The third-order valence-electron chi connectivity index (χ3n) is 3.22. The molecule has 11 heteroatoms. The quantitative estimate of drug-likeness (QED) is 0.260. The van der Waals surface area contributed by atoms with Gasteiger partial charge in [-0.3, -0.25) is 15.0 Å². The van der Waals surface area contributed by atoms with Crippen LogP contribution in [-0.4, -0.2) is 49.3 Å². The van der Waals surface area contributed by atoms with Gasteiger partial charge in [-0.2, -0.15) is 0 Å². The number of methoxy groups -OCH3 is 1. The first-order chi connectivity index (χ1) is 10.9. The van der Waals surface area contributed by atoms with Gasteiger partial charge in [0.1, 0.15) is 6.61 Å². The minimum absolute atomic E-state index is 0. The van der Waals surface area contributed by atoms with E-state index in [9.17, 15) is 10.1 Å². The summed E-state index contributed by atoms with van der Waals surface area (Å²) in [6.45, 7) is 3.69. The molecule has 1 heterocycles. The van der Waals surface area contributed by atoms with Gasteiger partial charge in [0.05, 0.1) is 18.1 Å². The van der Waals surface area contributed by atoms with E-state index in [4.69, 9.17) is 24.5 Å². The Kier molecular flexibility index (Phi) is 17.6. The molecule has 0 saturated carbocycles. The molecule has 1 aliphatic heterocycles. The number of nitro groups is 1. The smallest absolute Gasteiger partial charge is 0.652 e. The van der Waals surface area contributed by atoms with E-state index in [-0.39, 0.29) is 108 Å². The van der Waals surface area contributed by atoms with Gasteiger partial charge in [-0.15, -0.1) is 0 Å². The van der Waals surface area contributed by atoms with Crippen molar-refractivity contribution in [3.05, 3.63) is 28.3 Å². The molecule has 0 bridgehead atoms. The van der Waals surface area contributed by atoms with Crippen LogP contribution in [-0.2, 0) is 0 Å². The SMILES string of the molecule is COc1cc([N+](=O)[O-])ccc1OCCN1CCCC1.O=C([O-])[O-].[K+].[K+]. The third kappa shape index (κ3) is 11.9. The molecule has 0 amide bonds. The number of carbonyl (C=O) groups excluding carboxylic acids is 1. The number of nitro benzene ring substituents is 1. The maximum Gasteiger partial charge on any atom is 1.00 e. The fraction of sp³-hybridized carbons (Fsp3) is 0.500. The third-order valence-corrected chi connectivity index (χ3v) is 3.22. The predicted octanol–water partition coefficient (Wildman–Crippen LogP) is -6.36. The molecular weight excluding hydrogens is 386 g/mol. The molecule has 0 aromatic heterocycles. The Morgan fingerprint density at radius 3 is 2.24 bits per heavy atom. The summed E-state index contributed by atoms with van der Waals surface area (Å²) < 4.78 is 10.8. The van der Waals surface area contributed by atoms with E-state index in [1.54, 1.807) is 6.07 Å². The van der Waals surface area contributed by atoms with E-state index in [2.05, 4.69) is 4.90 Å². The van der Waals surface area contributed by atoms with Gasteiger partial charge < -0.3 is 24.5 Å². The Morgan fingerprint density at radius 1 is 1.20 bits per heavy atom. The van der Waals surface area contributed by atoms with Gasteiger partial charge in [-0.1, -0.05) is 0 Å². The molecule has 2 rings (SSSR count). The monoisotopic (exact) mass is 404 g/mol. The zero-order valence-electron chi connectivity index (χ0n) is 14.7. The fourth-order valence-electron chi connectivity index (χ4n) is 2.18. The first-order valence-corrected chi connectivity index (χ1v) is 6.99. The molecule has 1 aromatic rings. The fourth-order valence-corrected chi connectivity index (χ4v) is 2.18. The van der Waals surface area contributed by atoms with Gasteiger partial charge in [0.15, 0.2) is 11.5 Å². The Labute approximate surface area is 231 Å². The number of ether oxygens (including phenoxy) is 2. The van der Waals surface area contributed by atoms with Crippen molar-refractivity contribution in [2.45, 2.75) is 12.8 Å². The molecule has 0 atom stereocenters. The molecule has 1 fully saturated rings. The van der Waals surface area contributed by atoms with E-state index in [0.29, 0.717) is 18.1 Å². The summed E-state index contributed by atoms with van der Waals surface area (Å²) in [4.78, 5) is 20.9. The molecule has 128 valence electrons. The number of hydrogen-bond donors (Lipinski definition) is 0. The predicted molar refractivity (Wildman–Crippen MR) is 76.2 cm³/mol. The number of non-ortho nitro benzene ring substituents is 1. The molecule has 0 spiro atoms. The summed E-state index contributed by atoms with van der Waals surface area (Å²) in [6.07, 6.45) is 0.168. The van der Waals surface area contributed by atoms with Gasteiger partial charge in [0.2, 0.25) is 0 Å². The molecule has 0 unspecified atom stereocenters. The molecule has 0 radical (unpaired) electrons. The molecule has 0 N–H and O–H groups in total. The van der Waals surface area contributed by atoms with Gasteiger partial charge in [0.25, 0.3) is 5.69 Å². The van der Waals surface area contributed by atoms with Crippen LogP contribution in [0.15, 0.2) is 18.2 Å². The largest absolute Gasteiger partial charge is 1.00 e. The number of likely N-dealkylation sites (tertiary alicyclic amines) is 1. The number of carboxylic acid groups (broad SMARTS) is 2. The van der Waals surface area contributed by atoms with E-state index in [1.807, 2.05) is 0 Å². The Balaban J connectivity index is 0. The summed E-state index contributed by atoms with van der Waals surface area (Å²) in [5.41, 5.74) is 0.00347. The van der Waals surface area contributed by atoms with Crippen molar-refractivity contribution >= 4 is 11.8 Å². The zero-order valence-corrected chi connectivity index (χ0v) is 21.0. The maximum atomic E-state index is 10.7. The number of nitrogens with zero attached hydrogens (tertiary/aromatic N) is 2. The average Bonchev–Trinajstić information content (AvgIpc) is 3.00. The average molecular weight is 405 g/mol. The summed E-state index contributed by atoms with van der Waals surface area (Å²) in [5, 5.41) is 27.3. The summed E-state index contributed by atoms with van der Waals surface area (Å²) in [6, 6.07) is 4.39. The van der Waals surface area contributed by atoms with Crippen LogP contribution in [0.4, 0.5) is 10.5 Å². The topological polar surface area (TPSA) is 128 Å². The van der Waals surface area contributed by atoms with Crippen LogP contribution in [0.5, 0.6) is 11.5 Å². The first-order valence-electron chi connectivity index (χ1n) is 6.99. The van der Waals surface area contributed by atoms with Crippen molar-refractivity contribution < 1.29 is 132 Å². The second-order valence-corrected chi connectivity index (χ2v) is 4.74. The number of carbonyl (C=O) groups is 1. The Morgan fingerprint density at radius 2 is 1.76 bits per heavy atom. The molecule has 0 aliphatic carbocycles. The van der Waals surface area contributed by atoms with E-state index < -0.39 is 11.1 Å². The first kappa shape index (κ1) is 27.9. The number of hydrogen-bond acceptors (Lipinski definition) is 8. The maximum absolute atomic E-state index is 10.7. The number of benzene rings is 1. The summed E-state index contributed by atoms with van der Waals surface area (Å²) in [7, 11) is 1.48.